The first-order valence-electron chi connectivity index (χ1n) is 7.46. The van der Waals surface area contributed by atoms with Gasteiger partial charge in [-0.2, -0.15) is 5.10 Å². The van der Waals surface area contributed by atoms with E-state index in [1.165, 1.54) is 4.90 Å². The van der Waals surface area contributed by atoms with Crippen LogP contribution in [0.2, 0.25) is 0 Å². The monoisotopic (exact) mass is 295 g/mol. The van der Waals surface area contributed by atoms with Gasteiger partial charge in [-0.1, -0.05) is 27.7 Å². The molecular formula is C15H25N3O3. The summed E-state index contributed by atoms with van der Waals surface area (Å²) < 4.78 is 1.85. The van der Waals surface area contributed by atoms with Crippen molar-refractivity contribution < 1.29 is 14.7 Å². The molecule has 1 rings (SSSR count). The highest BCUT2D eigenvalue weighted by Crippen LogP contribution is 2.14. The number of carboxylic acids is 1. The highest BCUT2D eigenvalue weighted by atomic mass is 16.4. The lowest BCUT2D eigenvalue weighted by atomic mass is 10.1. The Morgan fingerprint density at radius 2 is 2.05 bits per heavy atom. The molecule has 1 N–H and O–H groups in total. The molecule has 0 unspecified atom stereocenters. The Balaban J connectivity index is 3.04. The minimum Gasteiger partial charge on any atom is -0.480 e. The van der Waals surface area contributed by atoms with E-state index in [0.29, 0.717) is 24.4 Å². The number of aromatic nitrogens is 2. The van der Waals surface area contributed by atoms with Gasteiger partial charge in [0.25, 0.3) is 5.91 Å². The van der Waals surface area contributed by atoms with Crippen LogP contribution in [0, 0.1) is 5.92 Å². The van der Waals surface area contributed by atoms with Gasteiger partial charge >= 0.3 is 5.97 Å². The zero-order valence-corrected chi connectivity index (χ0v) is 13.3. The van der Waals surface area contributed by atoms with Gasteiger partial charge in [0, 0.05) is 13.1 Å². The van der Waals surface area contributed by atoms with Crippen molar-refractivity contribution in [1.29, 1.82) is 0 Å². The van der Waals surface area contributed by atoms with Crippen LogP contribution in [0.25, 0.3) is 0 Å². The molecule has 0 atom stereocenters. The molecule has 21 heavy (non-hydrogen) atoms. The van der Waals surface area contributed by atoms with Gasteiger partial charge in [-0.15, -0.1) is 0 Å². The quantitative estimate of drug-likeness (QED) is 0.796. The third kappa shape index (κ3) is 4.58. The number of hydrogen-bond donors (Lipinski definition) is 1. The van der Waals surface area contributed by atoms with Crippen molar-refractivity contribution in [2.75, 3.05) is 13.1 Å². The van der Waals surface area contributed by atoms with Crippen LogP contribution in [-0.4, -0.2) is 44.8 Å². The van der Waals surface area contributed by atoms with Gasteiger partial charge in [-0.3, -0.25) is 14.3 Å². The predicted octanol–water partition coefficient (Wildman–Crippen LogP) is 2.04. The van der Waals surface area contributed by atoms with Crippen molar-refractivity contribution in [3.8, 4) is 0 Å². The van der Waals surface area contributed by atoms with Crippen molar-refractivity contribution in [1.82, 2.24) is 14.7 Å². The lowest BCUT2D eigenvalue weighted by molar-refractivity contribution is -0.137. The van der Waals surface area contributed by atoms with E-state index >= 15 is 0 Å². The summed E-state index contributed by atoms with van der Waals surface area (Å²) in [6.45, 7) is 9.00. The molecular weight excluding hydrogens is 270 g/mol. The molecule has 0 saturated carbocycles. The molecule has 118 valence electrons. The molecule has 0 fully saturated rings. The highest BCUT2D eigenvalue weighted by molar-refractivity contribution is 5.96. The molecule has 1 heterocycles. The number of rotatable bonds is 8. The number of nitrogens with zero attached hydrogens (tertiary/aromatic N) is 3. The van der Waals surface area contributed by atoms with E-state index in [1.54, 1.807) is 6.20 Å². The molecule has 0 saturated heterocycles. The van der Waals surface area contributed by atoms with Gasteiger partial charge in [0.05, 0.1) is 17.5 Å². The maximum absolute atomic E-state index is 12.6. The predicted molar refractivity (Wildman–Crippen MR) is 80.3 cm³/mol. The summed E-state index contributed by atoms with van der Waals surface area (Å²) in [6, 6.07) is 0. The number of amides is 1. The van der Waals surface area contributed by atoms with Gasteiger partial charge in [-0.05, 0) is 18.8 Å². The van der Waals surface area contributed by atoms with Crippen LogP contribution in [0.3, 0.4) is 0 Å². The van der Waals surface area contributed by atoms with Gasteiger partial charge in [-0.25, -0.2) is 0 Å². The number of carbonyl (C=O) groups excluding carboxylic acids is 1. The molecule has 0 aliphatic heterocycles. The minimum atomic E-state index is -0.996. The molecule has 1 aromatic rings. The van der Waals surface area contributed by atoms with E-state index in [2.05, 4.69) is 18.9 Å². The van der Waals surface area contributed by atoms with Crippen LogP contribution < -0.4 is 0 Å². The Morgan fingerprint density at radius 3 is 2.52 bits per heavy atom. The Hall–Kier alpha value is -1.85. The number of carbonyl (C=O) groups is 2. The molecule has 0 spiro atoms. The lowest BCUT2D eigenvalue weighted by Gasteiger charge is -2.20. The fraction of sp³-hybridized carbons (Fsp3) is 0.667. The first-order valence-corrected chi connectivity index (χ1v) is 7.46. The summed E-state index contributed by atoms with van der Waals surface area (Å²) in [5, 5.41) is 13.2. The van der Waals surface area contributed by atoms with Crippen LogP contribution in [0.4, 0.5) is 0 Å². The van der Waals surface area contributed by atoms with Gasteiger partial charge in [0.15, 0.2) is 0 Å². The summed E-state index contributed by atoms with van der Waals surface area (Å²) in [5.41, 5.74) is 1.40. The van der Waals surface area contributed by atoms with Crippen molar-refractivity contribution >= 4 is 11.9 Å². The van der Waals surface area contributed by atoms with E-state index in [-0.39, 0.29) is 12.5 Å². The standard InChI is InChI=1S/C15H25N3O3/c1-5-7-17(10-14(19)20)15(21)12-8-16-18(9-11(3)4)13(12)6-2/h8,11H,5-7,9-10H2,1-4H3,(H,19,20). The van der Waals surface area contributed by atoms with Crippen LogP contribution in [0.15, 0.2) is 6.20 Å². The maximum atomic E-state index is 12.6. The average molecular weight is 295 g/mol. The van der Waals surface area contributed by atoms with Crippen molar-refractivity contribution in [2.45, 2.75) is 47.1 Å². The molecule has 0 bridgehead atoms. The summed E-state index contributed by atoms with van der Waals surface area (Å²) in [6.07, 6.45) is 2.98. The van der Waals surface area contributed by atoms with Crippen LogP contribution in [0.1, 0.15) is 50.2 Å². The fourth-order valence-electron chi connectivity index (χ4n) is 2.32. The SMILES string of the molecule is CCCN(CC(=O)O)C(=O)c1cnn(CC(C)C)c1CC. The second kappa shape index (κ2) is 7.81. The zero-order chi connectivity index (χ0) is 16.0. The minimum absolute atomic E-state index is 0.244. The topological polar surface area (TPSA) is 75.4 Å². The van der Waals surface area contributed by atoms with Crippen LogP contribution >= 0.6 is 0 Å². The molecule has 1 aromatic heterocycles. The van der Waals surface area contributed by atoms with E-state index in [9.17, 15) is 9.59 Å². The largest absolute Gasteiger partial charge is 0.480 e. The van der Waals surface area contributed by atoms with Gasteiger partial charge in [0.2, 0.25) is 0 Å². The summed E-state index contributed by atoms with van der Waals surface area (Å²) in [4.78, 5) is 24.8. The van der Waals surface area contributed by atoms with Crippen LogP contribution in [0.5, 0.6) is 0 Å². The fourth-order valence-corrected chi connectivity index (χ4v) is 2.32. The first-order chi connectivity index (χ1) is 9.90. The number of hydrogen-bond acceptors (Lipinski definition) is 3. The molecule has 0 aromatic carbocycles. The molecule has 0 aliphatic carbocycles. The number of carboxylic acid groups (broad SMARTS) is 1. The Kier molecular flexibility index (Phi) is 6.39. The highest BCUT2D eigenvalue weighted by Gasteiger charge is 2.23. The van der Waals surface area contributed by atoms with Gasteiger partial charge in [0.1, 0.15) is 6.54 Å². The third-order valence-corrected chi connectivity index (χ3v) is 3.16. The molecule has 6 heteroatoms. The Morgan fingerprint density at radius 1 is 1.38 bits per heavy atom. The Bertz CT molecular complexity index is 494. The van der Waals surface area contributed by atoms with E-state index in [4.69, 9.17) is 5.11 Å². The summed E-state index contributed by atoms with van der Waals surface area (Å²) in [5.74, 6) is -0.806. The Labute approximate surface area is 125 Å². The van der Waals surface area contributed by atoms with E-state index < -0.39 is 5.97 Å². The smallest absolute Gasteiger partial charge is 0.323 e. The van der Waals surface area contributed by atoms with E-state index in [0.717, 1.165) is 18.7 Å². The maximum Gasteiger partial charge on any atom is 0.323 e. The lowest BCUT2D eigenvalue weighted by Crippen LogP contribution is -2.36. The number of aliphatic carboxylic acids is 1. The molecule has 0 aliphatic rings. The second-order valence-corrected chi connectivity index (χ2v) is 5.55. The van der Waals surface area contributed by atoms with Gasteiger partial charge < -0.3 is 10.0 Å². The van der Waals surface area contributed by atoms with Crippen molar-refractivity contribution in [3.63, 3.8) is 0 Å². The second-order valence-electron chi connectivity index (χ2n) is 5.55. The summed E-state index contributed by atoms with van der Waals surface area (Å²) in [7, 11) is 0. The average Bonchev–Trinajstić information content (AvgIpc) is 2.78. The van der Waals surface area contributed by atoms with E-state index in [1.807, 2.05) is 18.5 Å². The molecule has 0 radical (unpaired) electrons. The molecule has 6 nitrogen and oxygen atoms in total. The van der Waals surface area contributed by atoms with Crippen LogP contribution in [-0.2, 0) is 17.8 Å². The third-order valence-electron chi connectivity index (χ3n) is 3.16. The van der Waals surface area contributed by atoms with Crippen molar-refractivity contribution in [2.24, 2.45) is 5.92 Å². The molecule has 1 amide bonds. The normalized spacial score (nSPS) is 10.9. The summed E-state index contributed by atoms with van der Waals surface area (Å²) >= 11 is 0. The van der Waals surface area contributed by atoms with Crippen molar-refractivity contribution in [3.05, 3.63) is 17.5 Å². The first kappa shape index (κ1) is 17.2. The zero-order valence-electron chi connectivity index (χ0n) is 13.3.